The third-order valence-corrected chi connectivity index (χ3v) is 5.46. The minimum absolute atomic E-state index is 0.0467. The SMILES string of the molecule is FC(F)(F)c1ccc(Nc2cc(-c3ccccn3)nc(NC3CCCCC3)n2)c(Cl)c1. The molecule has 0 aliphatic heterocycles. The second kappa shape index (κ2) is 9.09. The quantitative estimate of drug-likeness (QED) is 0.455. The molecule has 5 nitrogen and oxygen atoms in total. The number of hydrogen-bond acceptors (Lipinski definition) is 5. The maximum Gasteiger partial charge on any atom is 0.416 e. The van der Waals surface area contributed by atoms with E-state index in [1.165, 1.54) is 12.5 Å². The van der Waals surface area contributed by atoms with Crippen LogP contribution in [0.4, 0.5) is 30.6 Å². The lowest BCUT2D eigenvalue weighted by Gasteiger charge is -2.23. The standard InChI is InChI=1S/C22H21ClF3N5/c23-16-12-14(22(24,25)26)9-10-17(16)29-20-13-19(18-8-4-5-11-27-18)30-21(31-20)28-15-6-2-1-3-7-15/h4-5,8-13,15H,1-3,6-7H2,(H2,28,29,30,31). The summed E-state index contributed by atoms with van der Waals surface area (Å²) in [7, 11) is 0. The molecule has 2 heterocycles. The highest BCUT2D eigenvalue weighted by atomic mass is 35.5. The van der Waals surface area contributed by atoms with Crippen LogP contribution in [0.25, 0.3) is 11.4 Å². The molecular formula is C22H21ClF3N5. The van der Waals surface area contributed by atoms with Gasteiger partial charge in [-0.05, 0) is 43.2 Å². The lowest BCUT2D eigenvalue weighted by atomic mass is 9.96. The molecule has 2 N–H and O–H groups in total. The van der Waals surface area contributed by atoms with Gasteiger partial charge in [-0.25, -0.2) is 4.98 Å². The molecule has 0 unspecified atom stereocenters. The van der Waals surface area contributed by atoms with Crippen molar-refractivity contribution in [3.8, 4) is 11.4 Å². The van der Waals surface area contributed by atoms with Gasteiger partial charge in [0.25, 0.3) is 0 Å². The number of rotatable bonds is 5. The molecule has 0 saturated heterocycles. The van der Waals surface area contributed by atoms with E-state index in [0.717, 1.165) is 37.8 Å². The summed E-state index contributed by atoms with van der Waals surface area (Å²) in [5.74, 6) is 0.858. The van der Waals surface area contributed by atoms with Crippen LogP contribution < -0.4 is 10.6 Å². The number of nitrogens with zero attached hydrogens (tertiary/aromatic N) is 3. The Hall–Kier alpha value is -2.87. The van der Waals surface area contributed by atoms with Gasteiger partial charge in [0.15, 0.2) is 0 Å². The van der Waals surface area contributed by atoms with Gasteiger partial charge in [-0.15, -0.1) is 0 Å². The Kier molecular flexibility index (Phi) is 6.27. The molecule has 1 aromatic carbocycles. The summed E-state index contributed by atoms with van der Waals surface area (Å²) in [6.07, 6.45) is 2.85. The van der Waals surface area contributed by atoms with Gasteiger partial charge in [0, 0.05) is 18.3 Å². The van der Waals surface area contributed by atoms with Gasteiger partial charge in [0.1, 0.15) is 5.82 Å². The average molecular weight is 448 g/mol. The van der Waals surface area contributed by atoms with Crippen LogP contribution in [0.15, 0.2) is 48.7 Å². The summed E-state index contributed by atoms with van der Waals surface area (Å²) >= 11 is 6.10. The first-order valence-corrected chi connectivity index (χ1v) is 10.5. The summed E-state index contributed by atoms with van der Waals surface area (Å²) in [4.78, 5) is 13.5. The van der Waals surface area contributed by atoms with Crippen LogP contribution in [-0.4, -0.2) is 21.0 Å². The minimum atomic E-state index is -4.46. The molecule has 0 radical (unpaired) electrons. The van der Waals surface area contributed by atoms with Gasteiger partial charge in [-0.2, -0.15) is 18.2 Å². The molecule has 3 aromatic rings. The summed E-state index contributed by atoms with van der Waals surface area (Å²) in [5.41, 5.74) is 0.779. The molecule has 0 bridgehead atoms. The molecule has 2 aromatic heterocycles. The van der Waals surface area contributed by atoms with Gasteiger partial charge in [-0.1, -0.05) is 36.9 Å². The number of alkyl halides is 3. The summed E-state index contributed by atoms with van der Waals surface area (Å²) in [6.45, 7) is 0. The minimum Gasteiger partial charge on any atom is -0.351 e. The number of aromatic nitrogens is 3. The van der Waals surface area contributed by atoms with Crippen molar-refractivity contribution in [2.45, 2.75) is 44.3 Å². The molecule has 9 heteroatoms. The highest BCUT2D eigenvalue weighted by Gasteiger charge is 2.31. The van der Waals surface area contributed by atoms with Gasteiger partial charge >= 0.3 is 6.18 Å². The van der Waals surface area contributed by atoms with Gasteiger partial charge < -0.3 is 10.6 Å². The van der Waals surface area contributed by atoms with Crippen LogP contribution in [-0.2, 0) is 6.18 Å². The van der Waals surface area contributed by atoms with Crippen molar-refractivity contribution in [3.05, 3.63) is 59.2 Å². The fraction of sp³-hybridized carbons (Fsp3) is 0.318. The van der Waals surface area contributed by atoms with Crippen molar-refractivity contribution < 1.29 is 13.2 Å². The molecule has 0 amide bonds. The largest absolute Gasteiger partial charge is 0.416 e. The normalized spacial score (nSPS) is 15.0. The predicted octanol–water partition coefficient (Wildman–Crippen LogP) is 6.70. The smallest absolute Gasteiger partial charge is 0.351 e. The van der Waals surface area contributed by atoms with Crippen molar-refractivity contribution in [2.24, 2.45) is 0 Å². The highest BCUT2D eigenvalue weighted by Crippen LogP contribution is 2.35. The number of anilines is 3. The molecule has 0 spiro atoms. The second-order valence-electron chi connectivity index (χ2n) is 7.47. The third-order valence-electron chi connectivity index (χ3n) is 5.15. The first-order chi connectivity index (χ1) is 14.9. The van der Waals surface area contributed by atoms with Gasteiger partial charge in [0.2, 0.25) is 5.95 Å². The van der Waals surface area contributed by atoms with Crippen LogP contribution in [0.3, 0.4) is 0 Å². The zero-order valence-electron chi connectivity index (χ0n) is 16.6. The van der Waals surface area contributed by atoms with Crippen molar-refractivity contribution >= 4 is 29.1 Å². The number of halogens is 4. The van der Waals surface area contributed by atoms with Crippen LogP contribution in [0.2, 0.25) is 5.02 Å². The van der Waals surface area contributed by atoms with E-state index < -0.39 is 11.7 Å². The van der Waals surface area contributed by atoms with Crippen LogP contribution in [0, 0.1) is 0 Å². The summed E-state index contributed by atoms with van der Waals surface area (Å²) < 4.78 is 38.8. The lowest BCUT2D eigenvalue weighted by Crippen LogP contribution is -2.23. The van der Waals surface area contributed by atoms with Crippen molar-refractivity contribution in [1.29, 1.82) is 0 Å². The Bertz CT molecular complexity index is 1040. The molecule has 1 fully saturated rings. The Balaban J connectivity index is 1.65. The zero-order valence-corrected chi connectivity index (χ0v) is 17.3. The number of nitrogens with one attached hydrogen (secondary N) is 2. The molecule has 0 atom stereocenters. The Morgan fingerprint density at radius 3 is 2.42 bits per heavy atom. The van der Waals surface area contributed by atoms with E-state index in [0.29, 0.717) is 28.8 Å². The van der Waals surface area contributed by atoms with E-state index >= 15 is 0 Å². The molecular weight excluding hydrogens is 427 g/mol. The van der Waals surface area contributed by atoms with E-state index in [1.54, 1.807) is 12.3 Å². The average Bonchev–Trinajstić information content (AvgIpc) is 2.76. The molecule has 1 aliphatic rings. The number of hydrogen-bond donors (Lipinski definition) is 2. The number of pyridine rings is 1. The maximum atomic E-state index is 12.9. The summed E-state index contributed by atoms with van der Waals surface area (Å²) in [6, 6.07) is 10.7. The first kappa shape index (κ1) is 21.4. The Morgan fingerprint density at radius 1 is 0.935 bits per heavy atom. The van der Waals surface area contributed by atoms with Crippen molar-refractivity contribution in [3.63, 3.8) is 0 Å². The Labute approximate surface area is 183 Å². The molecule has 1 aliphatic carbocycles. The van der Waals surface area contributed by atoms with Crippen LogP contribution >= 0.6 is 11.6 Å². The fourth-order valence-corrected chi connectivity index (χ4v) is 3.81. The van der Waals surface area contributed by atoms with Gasteiger partial charge in [0.05, 0.1) is 27.7 Å². The lowest BCUT2D eigenvalue weighted by molar-refractivity contribution is -0.137. The molecule has 1 saturated carbocycles. The highest BCUT2D eigenvalue weighted by molar-refractivity contribution is 6.33. The van der Waals surface area contributed by atoms with Gasteiger partial charge in [-0.3, -0.25) is 4.98 Å². The zero-order chi connectivity index (χ0) is 21.8. The fourth-order valence-electron chi connectivity index (χ4n) is 3.58. The molecule has 31 heavy (non-hydrogen) atoms. The third kappa shape index (κ3) is 5.44. The monoisotopic (exact) mass is 447 g/mol. The van der Waals surface area contributed by atoms with E-state index in [4.69, 9.17) is 11.6 Å². The van der Waals surface area contributed by atoms with E-state index in [-0.39, 0.29) is 11.1 Å². The Morgan fingerprint density at radius 2 is 1.74 bits per heavy atom. The maximum absolute atomic E-state index is 12.9. The second-order valence-corrected chi connectivity index (χ2v) is 7.88. The summed E-state index contributed by atoms with van der Waals surface area (Å²) in [5, 5.41) is 6.36. The van der Waals surface area contributed by atoms with E-state index in [9.17, 15) is 13.2 Å². The first-order valence-electron chi connectivity index (χ1n) is 10.1. The van der Waals surface area contributed by atoms with Crippen molar-refractivity contribution in [2.75, 3.05) is 10.6 Å². The van der Waals surface area contributed by atoms with Crippen molar-refractivity contribution in [1.82, 2.24) is 15.0 Å². The van der Waals surface area contributed by atoms with E-state index in [2.05, 4.69) is 25.6 Å². The molecule has 162 valence electrons. The number of benzene rings is 1. The van der Waals surface area contributed by atoms with E-state index in [1.807, 2.05) is 18.2 Å². The predicted molar refractivity (Wildman–Crippen MR) is 115 cm³/mol. The van der Waals surface area contributed by atoms with Crippen LogP contribution in [0.1, 0.15) is 37.7 Å². The topological polar surface area (TPSA) is 62.7 Å². The van der Waals surface area contributed by atoms with Crippen LogP contribution in [0.5, 0.6) is 0 Å². The molecule has 4 rings (SSSR count).